The lowest BCUT2D eigenvalue weighted by Crippen LogP contribution is -2.02. The van der Waals surface area contributed by atoms with Crippen molar-refractivity contribution in [1.82, 2.24) is 4.98 Å². The van der Waals surface area contributed by atoms with E-state index < -0.39 is 0 Å². The average molecular weight is 417 g/mol. The van der Waals surface area contributed by atoms with Crippen molar-refractivity contribution in [2.75, 3.05) is 5.48 Å². The normalized spacial score (nSPS) is 11.6. The first-order chi connectivity index (χ1) is 14.5. The number of anilines is 1. The summed E-state index contributed by atoms with van der Waals surface area (Å²) < 4.78 is 0. The summed E-state index contributed by atoms with van der Waals surface area (Å²) in [5.41, 5.74) is 8.57. The molecule has 5 heteroatoms. The Morgan fingerprint density at radius 1 is 1.00 bits per heavy atom. The summed E-state index contributed by atoms with van der Waals surface area (Å²) >= 11 is 6.20. The van der Waals surface area contributed by atoms with Gasteiger partial charge in [0.15, 0.2) is 0 Å². The van der Waals surface area contributed by atoms with Gasteiger partial charge in [-0.15, -0.1) is 0 Å². The number of halogens is 1. The molecule has 0 aliphatic carbocycles. The van der Waals surface area contributed by atoms with Gasteiger partial charge >= 0.3 is 0 Å². The van der Waals surface area contributed by atoms with E-state index in [1.165, 1.54) is 0 Å². The van der Waals surface area contributed by atoms with Crippen LogP contribution in [0, 0.1) is 13.8 Å². The molecule has 0 aliphatic heterocycles. The summed E-state index contributed by atoms with van der Waals surface area (Å²) in [6.45, 7) is 4.21. The zero-order valence-electron chi connectivity index (χ0n) is 16.7. The monoisotopic (exact) mass is 416 g/mol. The highest BCUT2D eigenvalue weighted by molar-refractivity contribution is 6.32. The number of phenolic OH excluding ortho intramolecular Hbond substituents is 1. The van der Waals surface area contributed by atoms with Crippen molar-refractivity contribution < 1.29 is 9.94 Å². The molecule has 0 saturated carbocycles. The van der Waals surface area contributed by atoms with Crippen LogP contribution in [0.2, 0.25) is 5.02 Å². The second kappa shape index (κ2) is 7.24. The lowest BCUT2D eigenvalue weighted by Gasteiger charge is -2.13. The predicted molar refractivity (Wildman–Crippen MR) is 124 cm³/mol. The van der Waals surface area contributed by atoms with Crippen LogP contribution in [0.25, 0.3) is 32.6 Å². The number of nitrogens with one attached hydrogen (secondary N) is 2. The SMILES string of the molecule is Cc1cccc(NOCc2cc3ccc4c5cc(Cl)ccc5[nH]c4c3c(C)c2O)c1. The first-order valence-electron chi connectivity index (χ1n) is 9.81. The maximum Gasteiger partial charge on any atom is 0.124 e. The summed E-state index contributed by atoms with van der Waals surface area (Å²) in [5, 5.41) is 15.8. The van der Waals surface area contributed by atoms with Gasteiger partial charge in [0, 0.05) is 37.8 Å². The topological polar surface area (TPSA) is 57.3 Å². The van der Waals surface area contributed by atoms with E-state index >= 15 is 0 Å². The molecule has 1 aromatic heterocycles. The Balaban J connectivity index is 1.54. The summed E-state index contributed by atoms with van der Waals surface area (Å²) in [7, 11) is 0. The second-order valence-corrected chi connectivity index (χ2v) is 8.11. The summed E-state index contributed by atoms with van der Waals surface area (Å²) in [4.78, 5) is 9.15. The zero-order valence-corrected chi connectivity index (χ0v) is 17.5. The predicted octanol–water partition coefficient (Wildman–Crippen LogP) is 6.99. The number of aryl methyl sites for hydroxylation is 2. The molecule has 3 N–H and O–H groups in total. The van der Waals surface area contributed by atoms with Gasteiger partial charge in [0.25, 0.3) is 0 Å². The summed E-state index contributed by atoms with van der Waals surface area (Å²) in [6, 6.07) is 19.9. The van der Waals surface area contributed by atoms with Crippen molar-refractivity contribution >= 4 is 49.9 Å². The molecule has 4 nitrogen and oxygen atoms in total. The highest BCUT2D eigenvalue weighted by atomic mass is 35.5. The third-order valence-electron chi connectivity index (χ3n) is 5.57. The molecule has 0 saturated heterocycles. The van der Waals surface area contributed by atoms with E-state index in [1.54, 1.807) is 0 Å². The van der Waals surface area contributed by atoms with Crippen LogP contribution in [0.3, 0.4) is 0 Å². The van der Waals surface area contributed by atoms with Crippen LogP contribution in [-0.4, -0.2) is 10.1 Å². The molecule has 0 atom stereocenters. The number of fused-ring (bicyclic) bond motifs is 5. The Bertz CT molecular complexity index is 1420. The molecule has 0 fully saturated rings. The third kappa shape index (κ3) is 3.15. The smallest absolute Gasteiger partial charge is 0.124 e. The zero-order chi connectivity index (χ0) is 20.8. The fraction of sp³-hybridized carbons (Fsp3) is 0.120. The van der Waals surface area contributed by atoms with E-state index in [0.717, 1.165) is 55.0 Å². The number of aromatic amines is 1. The number of hydrogen-bond donors (Lipinski definition) is 3. The van der Waals surface area contributed by atoms with Crippen LogP contribution in [0.15, 0.2) is 60.7 Å². The largest absolute Gasteiger partial charge is 0.507 e. The molecular formula is C25H21ClN2O2. The minimum atomic E-state index is 0.247. The molecule has 0 radical (unpaired) electrons. The molecule has 5 aromatic rings. The lowest BCUT2D eigenvalue weighted by atomic mass is 9.98. The minimum absolute atomic E-state index is 0.247. The van der Waals surface area contributed by atoms with Crippen molar-refractivity contribution in [1.29, 1.82) is 0 Å². The van der Waals surface area contributed by atoms with Crippen LogP contribution in [0.5, 0.6) is 5.75 Å². The second-order valence-electron chi connectivity index (χ2n) is 7.67. The first-order valence-corrected chi connectivity index (χ1v) is 10.2. The van der Waals surface area contributed by atoms with Crippen LogP contribution >= 0.6 is 11.6 Å². The van der Waals surface area contributed by atoms with E-state index in [2.05, 4.69) is 22.6 Å². The van der Waals surface area contributed by atoms with Gasteiger partial charge in [-0.25, -0.2) is 0 Å². The van der Waals surface area contributed by atoms with Gasteiger partial charge in [-0.1, -0.05) is 35.9 Å². The molecule has 0 bridgehead atoms. The standard InChI is InChI=1S/C25H21ClN2O2/c1-14-4-3-5-19(10-14)28-30-13-17-11-16-6-8-20-21-12-18(26)7-9-22(21)27-24(20)23(16)15(2)25(17)29/h3-12,27-29H,13H2,1-2H3. The molecule has 150 valence electrons. The Morgan fingerprint density at radius 2 is 1.87 bits per heavy atom. The van der Waals surface area contributed by atoms with Crippen LogP contribution in [0.1, 0.15) is 16.7 Å². The Kier molecular flexibility index (Phi) is 4.54. The molecule has 4 aromatic carbocycles. The van der Waals surface area contributed by atoms with Gasteiger partial charge < -0.3 is 10.1 Å². The number of aromatic hydroxyl groups is 1. The molecule has 0 amide bonds. The van der Waals surface area contributed by atoms with Crippen LogP contribution in [-0.2, 0) is 11.4 Å². The van der Waals surface area contributed by atoms with Gasteiger partial charge in [0.1, 0.15) is 12.4 Å². The van der Waals surface area contributed by atoms with E-state index in [1.807, 2.05) is 62.4 Å². The van der Waals surface area contributed by atoms with E-state index in [-0.39, 0.29) is 12.4 Å². The number of hydrogen-bond acceptors (Lipinski definition) is 3. The number of aromatic nitrogens is 1. The molecule has 5 rings (SSSR count). The van der Waals surface area contributed by atoms with Crippen molar-refractivity contribution in [2.24, 2.45) is 0 Å². The van der Waals surface area contributed by atoms with Crippen molar-refractivity contribution in [2.45, 2.75) is 20.5 Å². The van der Waals surface area contributed by atoms with Crippen LogP contribution < -0.4 is 5.48 Å². The number of H-pyrrole nitrogens is 1. The molecule has 0 unspecified atom stereocenters. The van der Waals surface area contributed by atoms with Crippen molar-refractivity contribution in [3.8, 4) is 5.75 Å². The third-order valence-corrected chi connectivity index (χ3v) is 5.80. The molecule has 30 heavy (non-hydrogen) atoms. The first kappa shape index (κ1) is 18.8. The molecule has 0 spiro atoms. The summed E-state index contributed by atoms with van der Waals surface area (Å²) in [6.07, 6.45) is 0. The highest BCUT2D eigenvalue weighted by Gasteiger charge is 2.15. The Hall–Kier alpha value is -3.21. The Labute approximate surface area is 179 Å². The molecule has 0 aliphatic rings. The van der Waals surface area contributed by atoms with Crippen molar-refractivity contribution in [3.05, 3.63) is 82.4 Å². The number of rotatable bonds is 4. The van der Waals surface area contributed by atoms with E-state index in [4.69, 9.17) is 16.4 Å². The van der Waals surface area contributed by atoms with Gasteiger partial charge in [-0.05, 0) is 61.2 Å². The van der Waals surface area contributed by atoms with Crippen molar-refractivity contribution in [3.63, 3.8) is 0 Å². The molecule has 1 heterocycles. The van der Waals surface area contributed by atoms with Gasteiger partial charge in [0.2, 0.25) is 0 Å². The van der Waals surface area contributed by atoms with Gasteiger partial charge in [0.05, 0.1) is 11.2 Å². The van der Waals surface area contributed by atoms with E-state index in [0.29, 0.717) is 5.02 Å². The van der Waals surface area contributed by atoms with E-state index in [9.17, 15) is 5.11 Å². The average Bonchev–Trinajstić information content (AvgIpc) is 3.09. The fourth-order valence-corrected chi connectivity index (χ4v) is 4.28. The van der Waals surface area contributed by atoms with Gasteiger partial charge in [-0.3, -0.25) is 10.3 Å². The lowest BCUT2D eigenvalue weighted by molar-refractivity contribution is 0.177. The van der Waals surface area contributed by atoms with Crippen LogP contribution in [0.4, 0.5) is 5.69 Å². The fourth-order valence-electron chi connectivity index (χ4n) is 4.11. The number of benzene rings is 4. The Morgan fingerprint density at radius 3 is 2.70 bits per heavy atom. The van der Waals surface area contributed by atoms with Gasteiger partial charge in [-0.2, -0.15) is 0 Å². The maximum atomic E-state index is 10.9. The maximum absolute atomic E-state index is 10.9. The highest BCUT2D eigenvalue weighted by Crippen LogP contribution is 2.38. The molecular weight excluding hydrogens is 396 g/mol. The number of phenols is 1. The summed E-state index contributed by atoms with van der Waals surface area (Å²) in [5.74, 6) is 0.248. The minimum Gasteiger partial charge on any atom is -0.507 e. The quantitative estimate of drug-likeness (QED) is 0.276.